The first-order valence-electron chi connectivity index (χ1n) is 6.79. The second-order valence-corrected chi connectivity index (χ2v) is 2.70. The molecule has 0 spiro atoms. The predicted octanol–water partition coefficient (Wildman–Crippen LogP) is 2.30. The van der Waals surface area contributed by atoms with Crippen molar-refractivity contribution in [2.75, 3.05) is 18.4 Å². The first-order valence-corrected chi connectivity index (χ1v) is 3.58. The summed E-state index contributed by atoms with van der Waals surface area (Å²) in [5.41, 5.74) is 0. The van der Waals surface area contributed by atoms with Crippen molar-refractivity contribution in [2.24, 2.45) is 0 Å². The number of hydrogen-bond acceptors (Lipinski definition) is 2. The molecule has 0 aliphatic heterocycles. The molecule has 0 saturated heterocycles. The van der Waals surface area contributed by atoms with Crippen LogP contribution in [-0.2, 0) is 0 Å². The number of halogens is 1. The lowest BCUT2D eigenvalue weighted by Crippen LogP contribution is -2.16. The lowest BCUT2D eigenvalue weighted by Gasteiger charge is -2.14. The molecular weight excluding hydrogens is 204 g/mol. The van der Waals surface area contributed by atoms with Gasteiger partial charge in [-0.1, -0.05) is 15.9 Å². The van der Waals surface area contributed by atoms with Crippen LogP contribution in [0.25, 0.3) is 0 Å². The Morgan fingerprint density at radius 2 is 2.82 bits per heavy atom. The maximum Gasteiger partial charge on any atom is 0.129 e. The average molecular weight is 223 g/mol. The Morgan fingerprint density at radius 3 is 3.45 bits per heavy atom. The summed E-state index contributed by atoms with van der Waals surface area (Å²) in [5.74, 6) is -0.282. The molecule has 11 heavy (non-hydrogen) atoms. The van der Waals surface area contributed by atoms with Gasteiger partial charge in [-0.15, -0.1) is 0 Å². The van der Waals surface area contributed by atoms with E-state index in [2.05, 4.69) is 20.9 Å². The van der Waals surface area contributed by atoms with Crippen LogP contribution >= 0.6 is 15.9 Å². The molecule has 60 valence electrons. The van der Waals surface area contributed by atoms with Gasteiger partial charge in [-0.05, 0) is 19.0 Å². The van der Waals surface area contributed by atoms with Gasteiger partial charge in [-0.25, -0.2) is 4.98 Å². The maximum atomic E-state index is 7.61. The van der Waals surface area contributed by atoms with E-state index < -0.39 is 20.3 Å². The average Bonchev–Trinajstić information content (AvgIpc) is 2.12. The summed E-state index contributed by atoms with van der Waals surface area (Å²) < 4.78 is 59.3. The summed E-state index contributed by atoms with van der Waals surface area (Å²) in [6, 6.07) is 2.77. The van der Waals surface area contributed by atoms with E-state index in [4.69, 9.17) is 11.0 Å². The Kier molecular flexibility index (Phi) is 0.922. The Morgan fingerprint density at radius 1 is 1.91 bits per heavy atom. The summed E-state index contributed by atoms with van der Waals surface area (Å²) in [6.45, 7) is -9.19. The fourth-order valence-electron chi connectivity index (χ4n) is 0.573. The molecule has 0 aliphatic carbocycles. The quantitative estimate of drug-likeness (QED) is 0.764. The first-order chi connectivity index (χ1) is 8.37. The molecule has 0 amide bonds. The van der Waals surface area contributed by atoms with Crippen LogP contribution in [0.15, 0.2) is 22.8 Å². The molecule has 0 fully saturated rings. The highest BCUT2D eigenvalue weighted by Gasteiger charge is 1.98. The van der Waals surface area contributed by atoms with Crippen molar-refractivity contribution in [1.29, 1.82) is 0 Å². The van der Waals surface area contributed by atoms with Crippen LogP contribution in [0.2, 0.25) is 0 Å². The minimum atomic E-state index is -3.13. The van der Waals surface area contributed by atoms with Gasteiger partial charge in [-0.3, -0.25) is 0 Å². The van der Waals surface area contributed by atoms with Crippen molar-refractivity contribution in [2.45, 2.75) is 6.85 Å². The van der Waals surface area contributed by atoms with Gasteiger partial charge in [0.2, 0.25) is 0 Å². The van der Waals surface area contributed by atoms with Crippen molar-refractivity contribution in [1.82, 2.24) is 4.98 Å². The highest BCUT2D eigenvalue weighted by molar-refractivity contribution is 9.10. The number of hydrogen-bond donors (Lipinski definition) is 0. The van der Waals surface area contributed by atoms with E-state index in [0.717, 1.165) is 0 Å². The minimum absolute atomic E-state index is 0.192. The standard InChI is InChI=1S/C8H11BrN2/c1-3-11(2)8-6-7(9)4-5-10-8/h4-6H,3H2,1-2H3/i1D3,2D3,3D2. The van der Waals surface area contributed by atoms with E-state index in [1.54, 1.807) is 0 Å². The van der Waals surface area contributed by atoms with Crippen molar-refractivity contribution < 1.29 is 11.0 Å². The molecule has 0 saturated carbocycles. The Labute approximate surface area is 86.6 Å². The number of rotatable bonds is 2. The van der Waals surface area contributed by atoms with Crippen LogP contribution in [0.4, 0.5) is 5.82 Å². The third kappa shape index (κ3) is 2.19. The van der Waals surface area contributed by atoms with Crippen LogP contribution in [0, 0.1) is 0 Å². The van der Waals surface area contributed by atoms with Crippen LogP contribution in [0.5, 0.6) is 0 Å². The molecule has 0 bridgehead atoms. The molecule has 0 atom stereocenters. The van der Waals surface area contributed by atoms with Gasteiger partial charge >= 0.3 is 0 Å². The van der Waals surface area contributed by atoms with E-state index in [-0.39, 0.29) is 10.7 Å². The van der Waals surface area contributed by atoms with E-state index >= 15 is 0 Å². The Balaban J connectivity index is 3.41. The number of aromatic nitrogens is 1. The Hall–Kier alpha value is -0.570. The highest BCUT2D eigenvalue weighted by atomic mass is 79.9. The molecule has 2 nitrogen and oxygen atoms in total. The van der Waals surface area contributed by atoms with Gasteiger partial charge in [0.1, 0.15) is 5.82 Å². The molecule has 1 aromatic heterocycles. The topological polar surface area (TPSA) is 16.1 Å². The summed E-state index contributed by atoms with van der Waals surface area (Å²) in [6.07, 6.45) is 1.26. The maximum absolute atomic E-state index is 7.61. The summed E-state index contributed by atoms with van der Waals surface area (Å²) >= 11 is 3.10. The number of pyridine rings is 1. The van der Waals surface area contributed by atoms with Crippen molar-refractivity contribution in [3.63, 3.8) is 0 Å². The molecule has 1 heterocycles. The monoisotopic (exact) mass is 222 g/mol. The van der Waals surface area contributed by atoms with Crippen LogP contribution in [0.1, 0.15) is 17.8 Å². The lowest BCUT2D eigenvalue weighted by atomic mass is 10.4. The number of nitrogens with zero attached hydrogens (tertiary/aromatic N) is 2. The fraction of sp³-hybridized carbons (Fsp3) is 0.375. The molecule has 0 aliphatic rings. The summed E-state index contributed by atoms with van der Waals surface area (Å²) in [5, 5.41) is 0. The van der Waals surface area contributed by atoms with E-state index in [9.17, 15) is 0 Å². The molecule has 0 N–H and O–H groups in total. The van der Waals surface area contributed by atoms with Gasteiger partial charge in [0.05, 0.1) is 0 Å². The van der Waals surface area contributed by atoms with Crippen molar-refractivity contribution in [3.8, 4) is 0 Å². The van der Waals surface area contributed by atoms with E-state index in [1.165, 1.54) is 18.3 Å². The zero-order chi connectivity index (χ0) is 15.1. The zero-order valence-corrected chi connectivity index (χ0v) is 7.09. The molecule has 1 rings (SSSR count). The van der Waals surface area contributed by atoms with Crippen LogP contribution in [0.3, 0.4) is 0 Å². The lowest BCUT2D eigenvalue weighted by molar-refractivity contribution is 0.937. The molecular formula is C8H11BrN2. The van der Waals surface area contributed by atoms with Gasteiger partial charge in [0.25, 0.3) is 0 Å². The zero-order valence-electron chi connectivity index (χ0n) is 13.5. The summed E-state index contributed by atoms with van der Waals surface area (Å²) in [4.78, 5) is 3.92. The molecule has 0 radical (unpaired) electrons. The first kappa shape index (κ1) is 2.73. The van der Waals surface area contributed by atoms with E-state index in [0.29, 0.717) is 4.47 Å². The number of anilines is 1. The van der Waals surface area contributed by atoms with Crippen molar-refractivity contribution in [3.05, 3.63) is 22.8 Å². The van der Waals surface area contributed by atoms with Crippen molar-refractivity contribution >= 4 is 21.7 Å². The second kappa shape index (κ2) is 3.72. The molecule has 0 unspecified atom stereocenters. The fourth-order valence-corrected chi connectivity index (χ4v) is 0.896. The predicted molar refractivity (Wildman–Crippen MR) is 50.9 cm³/mol. The normalized spacial score (nSPS) is 24.1. The van der Waals surface area contributed by atoms with Gasteiger partial charge in [0.15, 0.2) is 0 Å². The largest absolute Gasteiger partial charge is 0.360 e. The molecule has 3 heteroatoms. The summed E-state index contributed by atoms with van der Waals surface area (Å²) in [7, 11) is 0. The van der Waals surface area contributed by atoms with Crippen LogP contribution < -0.4 is 4.90 Å². The molecule has 1 aromatic rings. The highest BCUT2D eigenvalue weighted by Crippen LogP contribution is 2.14. The van der Waals surface area contributed by atoms with Crippen LogP contribution in [-0.4, -0.2) is 18.5 Å². The SMILES string of the molecule is [2H]C([2H])([2H])N(c1cc(Br)ccn1)C([2H])([2H])C([2H])([2H])[2H]. The minimum Gasteiger partial charge on any atom is -0.360 e. The van der Waals surface area contributed by atoms with Gasteiger partial charge in [0, 0.05) is 35.1 Å². The smallest absolute Gasteiger partial charge is 0.129 e. The van der Waals surface area contributed by atoms with Gasteiger partial charge < -0.3 is 4.90 Å². The Bertz CT molecular complexity index is 455. The third-order valence-electron chi connectivity index (χ3n) is 1.05. The van der Waals surface area contributed by atoms with E-state index in [1.807, 2.05) is 0 Å². The van der Waals surface area contributed by atoms with Gasteiger partial charge in [-0.2, -0.15) is 0 Å². The second-order valence-electron chi connectivity index (χ2n) is 1.78. The molecule has 0 aromatic carbocycles. The third-order valence-corrected chi connectivity index (χ3v) is 1.54.